The average Bonchev–Trinajstić information content (AvgIpc) is 2.26. The molecule has 1 aromatic rings. The zero-order chi connectivity index (χ0) is 12.1. The first-order valence-electron chi connectivity index (χ1n) is 5.09. The molecule has 0 unspecified atom stereocenters. The van der Waals surface area contributed by atoms with Gasteiger partial charge in [0, 0.05) is 12.1 Å². The Kier molecular flexibility index (Phi) is 4.07. The van der Waals surface area contributed by atoms with E-state index in [0.29, 0.717) is 24.3 Å². The first-order chi connectivity index (χ1) is 7.60. The molecule has 2 nitrogen and oxygen atoms in total. The van der Waals surface area contributed by atoms with Crippen molar-refractivity contribution >= 4 is 11.5 Å². The van der Waals surface area contributed by atoms with Crippen molar-refractivity contribution < 1.29 is 9.18 Å². The maximum absolute atomic E-state index is 13.7. The molecule has 0 spiro atoms. The minimum absolute atomic E-state index is 0.148. The van der Waals surface area contributed by atoms with Crippen LogP contribution >= 0.6 is 0 Å². The van der Waals surface area contributed by atoms with E-state index in [1.807, 2.05) is 6.92 Å². The van der Waals surface area contributed by atoms with Gasteiger partial charge in [0.25, 0.3) is 0 Å². The molecule has 0 amide bonds. The van der Waals surface area contributed by atoms with Crippen LogP contribution in [0.15, 0.2) is 18.2 Å². The molecule has 0 N–H and O–H groups in total. The van der Waals surface area contributed by atoms with Gasteiger partial charge in [-0.3, -0.25) is 4.79 Å². The van der Waals surface area contributed by atoms with Gasteiger partial charge in [-0.25, -0.2) is 4.39 Å². The zero-order valence-corrected chi connectivity index (χ0v) is 9.46. The lowest BCUT2D eigenvalue weighted by Crippen LogP contribution is -2.24. The third kappa shape index (κ3) is 2.60. The first-order valence-corrected chi connectivity index (χ1v) is 5.09. The van der Waals surface area contributed by atoms with Crippen molar-refractivity contribution in [2.75, 3.05) is 18.0 Å². The number of carbonyl (C=O) groups excluding carboxylic acids is 1. The second kappa shape index (κ2) is 5.32. The van der Waals surface area contributed by atoms with Gasteiger partial charge < -0.3 is 4.90 Å². The predicted molar refractivity (Wildman–Crippen MR) is 63.1 cm³/mol. The average molecular weight is 219 g/mol. The van der Waals surface area contributed by atoms with Crippen molar-refractivity contribution in [1.29, 1.82) is 0 Å². The Morgan fingerprint density at radius 3 is 2.69 bits per heavy atom. The van der Waals surface area contributed by atoms with E-state index in [4.69, 9.17) is 6.42 Å². The summed E-state index contributed by atoms with van der Waals surface area (Å²) in [5, 5.41) is 0. The first kappa shape index (κ1) is 12.3. The van der Waals surface area contributed by atoms with Crippen molar-refractivity contribution in [3.63, 3.8) is 0 Å². The normalized spacial score (nSPS) is 9.62. The Morgan fingerprint density at radius 2 is 2.25 bits per heavy atom. The summed E-state index contributed by atoms with van der Waals surface area (Å²) in [6.45, 7) is 4.29. The number of hydrogen-bond donors (Lipinski definition) is 0. The maximum Gasteiger partial charge on any atom is 0.159 e. The Bertz CT molecular complexity index is 434. The molecule has 1 aromatic carbocycles. The lowest BCUT2D eigenvalue weighted by Gasteiger charge is -2.21. The van der Waals surface area contributed by atoms with E-state index in [9.17, 15) is 9.18 Å². The third-order valence-corrected chi connectivity index (χ3v) is 2.36. The predicted octanol–water partition coefficient (Wildman–Crippen LogP) is 2.49. The van der Waals surface area contributed by atoms with Gasteiger partial charge in [-0.1, -0.05) is 5.92 Å². The van der Waals surface area contributed by atoms with Crippen molar-refractivity contribution in [3.8, 4) is 12.3 Å². The number of benzene rings is 1. The molecule has 0 saturated heterocycles. The molecule has 0 fully saturated rings. The fraction of sp³-hybridized carbons (Fsp3) is 0.308. The monoisotopic (exact) mass is 219 g/mol. The van der Waals surface area contributed by atoms with Gasteiger partial charge in [0.05, 0.1) is 12.2 Å². The van der Waals surface area contributed by atoms with E-state index in [2.05, 4.69) is 5.92 Å². The summed E-state index contributed by atoms with van der Waals surface area (Å²) in [4.78, 5) is 12.8. The summed E-state index contributed by atoms with van der Waals surface area (Å²) in [5.74, 6) is 1.91. The standard InChI is InChI=1S/C13H14FNO/c1-4-8-15(5-2)13-7-6-11(10(3)16)9-12(13)14/h1,6-7,9H,5,8H2,2-3H3. The van der Waals surface area contributed by atoms with E-state index in [-0.39, 0.29) is 5.78 Å². The van der Waals surface area contributed by atoms with Crippen LogP contribution in [0.5, 0.6) is 0 Å². The SMILES string of the molecule is C#CCN(CC)c1ccc(C(C)=O)cc1F. The van der Waals surface area contributed by atoms with Crippen LogP contribution in [0, 0.1) is 18.2 Å². The lowest BCUT2D eigenvalue weighted by molar-refractivity contribution is 0.101. The van der Waals surface area contributed by atoms with Crippen LogP contribution in [0.2, 0.25) is 0 Å². The molecule has 16 heavy (non-hydrogen) atoms. The molecule has 0 bridgehead atoms. The number of Topliss-reactive ketones (excluding diaryl/α,β-unsaturated/α-hetero) is 1. The minimum atomic E-state index is -0.412. The number of carbonyl (C=O) groups is 1. The number of ketones is 1. The van der Waals surface area contributed by atoms with E-state index in [1.54, 1.807) is 17.0 Å². The molecule has 0 aliphatic carbocycles. The minimum Gasteiger partial charge on any atom is -0.358 e. The zero-order valence-electron chi connectivity index (χ0n) is 9.46. The summed E-state index contributed by atoms with van der Waals surface area (Å²) in [6.07, 6.45) is 5.20. The highest BCUT2D eigenvalue weighted by atomic mass is 19.1. The molecule has 84 valence electrons. The Balaban J connectivity index is 3.07. The number of halogens is 1. The largest absolute Gasteiger partial charge is 0.358 e. The van der Waals surface area contributed by atoms with Gasteiger partial charge in [-0.05, 0) is 32.0 Å². The molecule has 0 aliphatic rings. The van der Waals surface area contributed by atoms with Crippen LogP contribution in [0.1, 0.15) is 24.2 Å². The summed E-state index contributed by atoms with van der Waals surface area (Å²) in [6, 6.07) is 4.45. The molecule has 0 saturated carbocycles. The van der Waals surface area contributed by atoms with E-state index >= 15 is 0 Å². The summed E-state index contributed by atoms with van der Waals surface area (Å²) >= 11 is 0. The maximum atomic E-state index is 13.7. The fourth-order valence-corrected chi connectivity index (χ4v) is 1.46. The van der Waals surface area contributed by atoms with E-state index in [1.165, 1.54) is 13.0 Å². The molecule has 0 aromatic heterocycles. The van der Waals surface area contributed by atoms with Crippen molar-refractivity contribution in [3.05, 3.63) is 29.6 Å². The highest BCUT2D eigenvalue weighted by molar-refractivity contribution is 5.94. The molecule has 1 rings (SSSR count). The summed E-state index contributed by atoms with van der Waals surface area (Å²) in [7, 11) is 0. The van der Waals surface area contributed by atoms with Gasteiger partial charge in [0.15, 0.2) is 5.78 Å². The van der Waals surface area contributed by atoms with Crippen LogP contribution in [0.3, 0.4) is 0 Å². The molecule has 0 heterocycles. The van der Waals surface area contributed by atoms with Crippen LogP contribution in [0.4, 0.5) is 10.1 Å². The quantitative estimate of drug-likeness (QED) is 0.572. The van der Waals surface area contributed by atoms with Crippen molar-refractivity contribution in [2.45, 2.75) is 13.8 Å². The van der Waals surface area contributed by atoms with Gasteiger partial charge in [0.2, 0.25) is 0 Å². The number of rotatable bonds is 4. The van der Waals surface area contributed by atoms with Gasteiger partial charge >= 0.3 is 0 Å². The van der Waals surface area contributed by atoms with Crippen LogP contribution < -0.4 is 4.90 Å². The molecule has 0 atom stereocenters. The summed E-state index contributed by atoms with van der Waals surface area (Å²) in [5.41, 5.74) is 0.809. The highest BCUT2D eigenvalue weighted by Gasteiger charge is 2.10. The van der Waals surface area contributed by atoms with Gasteiger partial charge in [-0.2, -0.15) is 0 Å². The summed E-state index contributed by atoms with van der Waals surface area (Å²) < 4.78 is 13.7. The number of anilines is 1. The van der Waals surface area contributed by atoms with Gasteiger partial charge in [-0.15, -0.1) is 6.42 Å². The number of nitrogens with zero attached hydrogens (tertiary/aromatic N) is 1. The molecule has 0 aliphatic heterocycles. The van der Waals surface area contributed by atoms with Crippen molar-refractivity contribution in [1.82, 2.24) is 0 Å². The number of terminal acetylenes is 1. The Hall–Kier alpha value is -1.82. The van der Waals surface area contributed by atoms with E-state index in [0.717, 1.165) is 0 Å². The second-order valence-corrected chi connectivity index (χ2v) is 3.44. The highest BCUT2D eigenvalue weighted by Crippen LogP contribution is 2.20. The number of hydrogen-bond acceptors (Lipinski definition) is 2. The van der Waals surface area contributed by atoms with Gasteiger partial charge in [0.1, 0.15) is 5.82 Å². The van der Waals surface area contributed by atoms with E-state index < -0.39 is 5.82 Å². The fourth-order valence-electron chi connectivity index (χ4n) is 1.46. The third-order valence-electron chi connectivity index (χ3n) is 2.36. The molecule has 0 radical (unpaired) electrons. The molecule has 3 heteroatoms. The van der Waals surface area contributed by atoms with Crippen LogP contribution in [0.25, 0.3) is 0 Å². The lowest BCUT2D eigenvalue weighted by atomic mass is 10.1. The topological polar surface area (TPSA) is 20.3 Å². The smallest absolute Gasteiger partial charge is 0.159 e. The second-order valence-electron chi connectivity index (χ2n) is 3.44. The molecular formula is C13H14FNO. The Labute approximate surface area is 95.1 Å². The van der Waals surface area contributed by atoms with Crippen LogP contribution in [-0.2, 0) is 0 Å². The molecular weight excluding hydrogens is 205 g/mol. The van der Waals surface area contributed by atoms with Crippen molar-refractivity contribution in [2.24, 2.45) is 0 Å². The van der Waals surface area contributed by atoms with Crippen LogP contribution in [-0.4, -0.2) is 18.9 Å². The Morgan fingerprint density at radius 1 is 1.56 bits per heavy atom.